The molecule has 2 atom stereocenters. The Bertz CT molecular complexity index is 441. The van der Waals surface area contributed by atoms with Gasteiger partial charge >= 0.3 is 5.97 Å². The molecule has 0 heterocycles. The number of rotatable bonds is 4. The lowest BCUT2D eigenvalue weighted by atomic mass is 9.65. The van der Waals surface area contributed by atoms with Gasteiger partial charge in [-0.25, -0.2) is 0 Å². The molecule has 0 radical (unpaired) electrons. The van der Waals surface area contributed by atoms with Crippen molar-refractivity contribution in [2.45, 2.75) is 25.2 Å². The van der Waals surface area contributed by atoms with Gasteiger partial charge in [0.15, 0.2) is 0 Å². The predicted octanol–water partition coefficient (Wildman–Crippen LogP) is 2.54. The first-order valence-electron chi connectivity index (χ1n) is 6.34. The second kappa shape index (κ2) is 5.36. The standard InChI is InChI=1S/C15H19NO2/c16-11-13(12-7-3-1-4-8-12)15(14(17)18)9-5-2-6-10-15/h1-5,7-8,13H,6,9-11,16H2,(H,17,18)/t13?,15-/m0/s1. The van der Waals surface area contributed by atoms with Gasteiger partial charge in [-0.3, -0.25) is 4.79 Å². The molecular formula is C15H19NO2. The minimum atomic E-state index is -0.745. The molecule has 1 aliphatic rings. The van der Waals surface area contributed by atoms with E-state index in [1.54, 1.807) is 0 Å². The number of hydrogen-bond acceptors (Lipinski definition) is 2. The van der Waals surface area contributed by atoms with Gasteiger partial charge in [-0.1, -0.05) is 42.5 Å². The Balaban J connectivity index is 2.40. The molecule has 1 aliphatic carbocycles. The summed E-state index contributed by atoms with van der Waals surface area (Å²) in [5, 5.41) is 9.66. The van der Waals surface area contributed by atoms with Gasteiger partial charge in [0.1, 0.15) is 0 Å². The number of carboxylic acids is 1. The Kier molecular flexibility index (Phi) is 3.82. The summed E-state index contributed by atoms with van der Waals surface area (Å²) in [4.78, 5) is 11.8. The summed E-state index contributed by atoms with van der Waals surface area (Å²) in [6, 6.07) is 9.75. The van der Waals surface area contributed by atoms with Gasteiger partial charge in [0.25, 0.3) is 0 Å². The van der Waals surface area contributed by atoms with Crippen molar-refractivity contribution in [2.75, 3.05) is 6.54 Å². The van der Waals surface area contributed by atoms with Crippen LogP contribution < -0.4 is 5.73 Å². The van der Waals surface area contributed by atoms with E-state index in [9.17, 15) is 9.90 Å². The second-order valence-corrected chi connectivity index (χ2v) is 4.87. The number of benzene rings is 1. The van der Waals surface area contributed by atoms with E-state index in [2.05, 4.69) is 6.08 Å². The second-order valence-electron chi connectivity index (χ2n) is 4.87. The number of hydrogen-bond donors (Lipinski definition) is 2. The van der Waals surface area contributed by atoms with Gasteiger partial charge in [0, 0.05) is 12.5 Å². The molecule has 0 spiro atoms. The van der Waals surface area contributed by atoms with Crippen LogP contribution in [0.3, 0.4) is 0 Å². The quantitative estimate of drug-likeness (QED) is 0.801. The molecule has 18 heavy (non-hydrogen) atoms. The molecule has 0 aromatic heterocycles. The maximum absolute atomic E-state index is 11.8. The number of carbonyl (C=O) groups is 1. The molecule has 0 saturated carbocycles. The maximum Gasteiger partial charge on any atom is 0.310 e. The number of allylic oxidation sites excluding steroid dienone is 2. The van der Waals surface area contributed by atoms with E-state index in [1.165, 1.54) is 0 Å². The average molecular weight is 245 g/mol. The first-order chi connectivity index (χ1) is 8.70. The summed E-state index contributed by atoms with van der Waals surface area (Å²) in [7, 11) is 0. The molecule has 0 aliphatic heterocycles. The Labute approximate surface area is 107 Å². The minimum absolute atomic E-state index is 0.124. The molecule has 0 saturated heterocycles. The SMILES string of the molecule is NCC(c1ccccc1)[C@]1(C(=O)O)CC=CCC1. The van der Waals surface area contributed by atoms with E-state index < -0.39 is 11.4 Å². The van der Waals surface area contributed by atoms with Crippen LogP contribution >= 0.6 is 0 Å². The van der Waals surface area contributed by atoms with Crippen LogP contribution in [0.1, 0.15) is 30.7 Å². The van der Waals surface area contributed by atoms with Crippen LogP contribution in [0, 0.1) is 5.41 Å². The van der Waals surface area contributed by atoms with Crippen molar-refractivity contribution < 1.29 is 9.90 Å². The molecular weight excluding hydrogens is 226 g/mol. The molecule has 0 amide bonds. The van der Waals surface area contributed by atoms with Gasteiger partial charge in [0.05, 0.1) is 5.41 Å². The molecule has 96 valence electrons. The van der Waals surface area contributed by atoms with Crippen LogP contribution in [0.4, 0.5) is 0 Å². The van der Waals surface area contributed by atoms with Crippen LogP contribution in [0.15, 0.2) is 42.5 Å². The van der Waals surface area contributed by atoms with E-state index in [1.807, 2.05) is 36.4 Å². The summed E-state index contributed by atoms with van der Waals surface area (Å²) < 4.78 is 0. The summed E-state index contributed by atoms with van der Waals surface area (Å²) in [5.41, 5.74) is 6.15. The van der Waals surface area contributed by atoms with Crippen LogP contribution in [0.2, 0.25) is 0 Å². The van der Waals surface area contributed by atoms with E-state index in [0.29, 0.717) is 19.4 Å². The lowest BCUT2D eigenvalue weighted by Crippen LogP contribution is -2.41. The topological polar surface area (TPSA) is 63.3 Å². The van der Waals surface area contributed by atoms with E-state index >= 15 is 0 Å². The first kappa shape index (κ1) is 12.8. The average Bonchev–Trinajstić information content (AvgIpc) is 2.41. The monoisotopic (exact) mass is 245 g/mol. The van der Waals surface area contributed by atoms with Crippen molar-refractivity contribution in [1.29, 1.82) is 0 Å². The fraction of sp³-hybridized carbons (Fsp3) is 0.400. The summed E-state index contributed by atoms with van der Waals surface area (Å²) in [6.07, 6.45) is 6.08. The molecule has 3 nitrogen and oxygen atoms in total. The normalized spacial score (nSPS) is 24.7. The van der Waals surface area contributed by atoms with Crippen LogP contribution in [0.25, 0.3) is 0 Å². The van der Waals surface area contributed by atoms with Gasteiger partial charge in [-0.2, -0.15) is 0 Å². The van der Waals surface area contributed by atoms with Crippen molar-refractivity contribution in [3.63, 3.8) is 0 Å². The Morgan fingerprint density at radius 3 is 2.56 bits per heavy atom. The van der Waals surface area contributed by atoms with Crippen LogP contribution in [-0.4, -0.2) is 17.6 Å². The van der Waals surface area contributed by atoms with Crippen LogP contribution in [-0.2, 0) is 4.79 Å². The summed E-state index contributed by atoms with van der Waals surface area (Å²) >= 11 is 0. The third-order valence-electron chi connectivity index (χ3n) is 3.94. The lowest BCUT2D eigenvalue weighted by Gasteiger charge is -2.38. The van der Waals surface area contributed by atoms with Crippen molar-refractivity contribution in [2.24, 2.45) is 11.1 Å². The van der Waals surface area contributed by atoms with Crippen LogP contribution in [0.5, 0.6) is 0 Å². The van der Waals surface area contributed by atoms with Crippen molar-refractivity contribution in [1.82, 2.24) is 0 Å². The van der Waals surface area contributed by atoms with Gasteiger partial charge in [0.2, 0.25) is 0 Å². The maximum atomic E-state index is 11.8. The number of nitrogens with two attached hydrogens (primary N) is 1. The molecule has 2 rings (SSSR count). The molecule has 1 aromatic rings. The molecule has 3 N–H and O–H groups in total. The van der Waals surface area contributed by atoms with Gasteiger partial charge in [-0.05, 0) is 24.8 Å². The zero-order valence-electron chi connectivity index (χ0n) is 10.4. The summed E-state index contributed by atoms with van der Waals surface area (Å²) in [5.74, 6) is -0.854. The lowest BCUT2D eigenvalue weighted by molar-refractivity contribution is -0.151. The third kappa shape index (κ3) is 2.18. The fourth-order valence-electron chi connectivity index (χ4n) is 2.88. The van der Waals surface area contributed by atoms with Gasteiger partial charge < -0.3 is 10.8 Å². The zero-order chi connectivity index (χ0) is 13.0. The van der Waals surface area contributed by atoms with E-state index in [4.69, 9.17) is 5.73 Å². The largest absolute Gasteiger partial charge is 0.481 e. The zero-order valence-corrected chi connectivity index (χ0v) is 10.4. The number of aliphatic carboxylic acids is 1. The van der Waals surface area contributed by atoms with Crippen molar-refractivity contribution in [3.05, 3.63) is 48.0 Å². The minimum Gasteiger partial charge on any atom is -0.481 e. The van der Waals surface area contributed by atoms with Crippen molar-refractivity contribution in [3.8, 4) is 0 Å². The smallest absolute Gasteiger partial charge is 0.310 e. The molecule has 0 bridgehead atoms. The fourth-order valence-corrected chi connectivity index (χ4v) is 2.88. The highest BCUT2D eigenvalue weighted by molar-refractivity contribution is 5.77. The van der Waals surface area contributed by atoms with E-state index in [-0.39, 0.29) is 5.92 Å². The molecule has 1 aromatic carbocycles. The third-order valence-corrected chi connectivity index (χ3v) is 3.94. The highest BCUT2D eigenvalue weighted by Crippen LogP contribution is 2.45. The Morgan fingerprint density at radius 1 is 1.33 bits per heavy atom. The highest BCUT2D eigenvalue weighted by Gasteiger charge is 2.45. The molecule has 0 fully saturated rings. The first-order valence-corrected chi connectivity index (χ1v) is 6.34. The Hall–Kier alpha value is -1.61. The van der Waals surface area contributed by atoms with E-state index in [0.717, 1.165) is 12.0 Å². The molecule has 1 unspecified atom stereocenters. The predicted molar refractivity (Wildman–Crippen MR) is 71.3 cm³/mol. The summed E-state index contributed by atoms with van der Waals surface area (Å²) in [6.45, 7) is 0.365. The molecule has 3 heteroatoms. The number of carboxylic acid groups (broad SMARTS) is 1. The van der Waals surface area contributed by atoms with Crippen molar-refractivity contribution >= 4 is 5.97 Å². The highest BCUT2D eigenvalue weighted by atomic mass is 16.4. The van der Waals surface area contributed by atoms with Gasteiger partial charge in [-0.15, -0.1) is 0 Å². The Morgan fingerprint density at radius 2 is 2.06 bits per heavy atom.